The Bertz CT molecular complexity index is 597. The molecule has 0 bridgehead atoms. The van der Waals surface area contributed by atoms with Crippen LogP contribution in [-0.4, -0.2) is 22.5 Å². The van der Waals surface area contributed by atoms with Crippen LogP contribution in [0.2, 0.25) is 0 Å². The fraction of sp³-hybridized carbons (Fsp3) is 0.267. The van der Waals surface area contributed by atoms with Gasteiger partial charge in [-0.1, -0.05) is 0 Å². The quantitative estimate of drug-likeness (QED) is 0.905. The molecule has 0 saturated heterocycles. The maximum absolute atomic E-state index is 12.1. The van der Waals surface area contributed by atoms with Gasteiger partial charge in [0.05, 0.1) is 6.61 Å². The molecule has 0 radical (unpaired) electrons. The number of nitrogens with one attached hydrogen (secondary N) is 1. The summed E-state index contributed by atoms with van der Waals surface area (Å²) in [6.45, 7) is 0.683. The smallest absolute Gasteiger partial charge is 0.255 e. The van der Waals surface area contributed by atoms with E-state index in [0.29, 0.717) is 29.7 Å². The van der Waals surface area contributed by atoms with Crippen LogP contribution < -0.4 is 10.1 Å². The van der Waals surface area contributed by atoms with Crippen LogP contribution in [0.3, 0.4) is 0 Å². The van der Waals surface area contributed by atoms with E-state index in [4.69, 9.17) is 4.74 Å². The van der Waals surface area contributed by atoms with Gasteiger partial charge in [0, 0.05) is 35.9 Å². The molecule has 1 aliphatic carbocycles. The third-order valence-electron chi connectivity index (χ3n) is 3.10. The first-order chi connectivity index (χ1) is 9.81. The maximum atomic E-state index is 12.1. The summed E-state index contributed by atoms with van der Waals surface area (Å²) < 4.78 is 5.57. The number of pyridine rings is 2. The molecule has 0 unspecified atom stereocenters. The van der Waals surface area contributed by atoms with E-state index in [2.05, 4.69) is 15.3 Å². The van der Waals surface area contributed by atoms with E-state index in [-0.39, 0.29) is 5.91 Å². The Morgan fingerprint density at radius 2 is 2.05 bits per heavy atom. The molecule has 1 N–H and O–H groups in total. The summed E-state index contributed by atoms with van der Waals surface area (Å²) in [6, 6.07) is 6.81. The Kier molecular flexibility index (Phi) is 3.58. The van der Waals surface area contributed by atoms with E-state index in [1.165, 1.54) is 12.8 Å². The molecule has 2 aromatic rings. The van der Waals surface area contributed by atoms with Crippen molar-refractivity contribution in [3.05, 3.63) is 48.4 Å². The second-order valence-corrected chi connectivity index (χ2v) is 4.83. The molecule has 0 atom stereocenters. The van der Waals surface area contributed by atoms with Gasteiger partial charge in [-0.25, -0.2) is 4.98 Å². The van der Waals surface area contributed by atoms with E-state index >= 15 is 0 Å². The van der Waals surface area contributed by atoms with Crippen LogP contribution in [-0.2, 0) is 0 Å². The summed E-state index contributed by atoms with van der Waals surface area (Å²) >= 11 is 0. The van der Waals surface area contributed by atoms with Crippen LogP contribution in [0.4, 0.5) is 5.69 Å². The third kappa shape index (κ3) is 3.32. The van der Waals surface area contributed by atoms with Gasteiger partial charge in [0.15, 0.2) is 0 Å². The Hall–Kier alpha value is -2.43. The highest BCUT2D eigenvalue weighted by molar-refractivity contribution is 6.04. The van der Waals surface area contributed by atoms with Crippen molar-refractivity contribution in [3.8, 4) is 5.88 Å². The highest BCUT2D eigenvalue weighted by Gasteiger charge is 2.22. The van der Waals surface area contributed by atoms with Gasteiger partial charge >= 0.3 is 0 Å². The van der Waals surface area contributed by atoms with Crippen LogP contribution in [0.15, 0.2) is 42.9 Å². The number of amides is 1. The Balaban J connectivity index is 1.65. The molecule has 3 rings (SSSR count). The summed E-state index contributed by atoms with van der Waals surface area (Å²) in [4.78, 5) is 20.1. The van der Waals surface area contributed by atoms with Crippen molar-refractivity contribution >= 4 is 11.6 Å². The van der Waals surface area contributed by atoms with Crippen LogP contribution >= 0.6 is 0 Å². The van der Waals surface area contributed by atoms with E-state index in [1.54, 1.807) is 42.9 Å². The van der Waals surface area contributed by atoms with Crippen molar-refractivity contribution in [2.24, 2.45) is 5.92 Å². The number of rotatable bonds is 5. The maximum Gasteiger partial charge on any atom is 0.255 e. The van der Waals surface area contributed by atoms with E-state index in [0.717, 1.165) is 0 Å². The van der Waals surface area contributed by atoms with Gasteiger partial charge in [0.2, 0.25) is 5.88 Å². The summed E-state index contributed by atoms with van der Waals surface area (Å²) in [5, 5.41) is 2.80. The predicted molar refractivity (Wildman–Crippen MR) is 74.6 cm³/mol. The van der Waals surface area contributed by atoms with Crippen LogP contribution in [0, 0.1) is 5.92 Å². The molecule has 1 fully saturated rings. The van der Waals surface area contributed by atoms with Crippen LogP contribution in [0.1, 0.15) is 23.2 Å². The third-order valence-corrected chi connectivity index (χ3v) is 3.10. The largest absolute Gasteiger partial charge is 0.477 e. The van der Waals surface area contributed by atoms with Gasteiger partial charge in [-0.2, -0.15) is 0 Å². The monoisotopic (exact) mass is 269 g/mol. The molecule has 5 nitrogen and oxygen atoms in total. The lowest BCUT2D eigenvalue weighted by atomic mass is 10.2. The first-order valence-electron chi connectivity index (χ1n) is 6.61. The average molecular weight is 269 g/mol. The summed E-state index contributed by atoms with van der Waals surface area (Å²) in [5.41, 5.74) is 1.24. The lowest BCUT2D eigenvalue weighted by Gasteiger charge is -2.07. The average Bonchev–Trinajstić information content (AvgIpc) is 3.31. The minimum absolute atomic E-state index is 0.185. The van der Waals surface area contributed by atoms with Crippen molar-refractivity contribution in [2.45, 2.75) is 12.8 Å². The molecule has 0 spiro atoms. The molecule has 5 heteroatoms. The zero-order chi connectivity index (χ0) is 13.8. The van der Waals surface area contributed by atoms with Crippen LogP contribution in [0.25, 0.3) is 0 Å². The number of carbonyl (C=O) groups is 1. The molecular weight excluding hydrogens is 254 g/mol. The molecule has 0 aromatic carbocycles. The van der Waals surface area contributed by atoms with E-state index in [1.807, 2.05) is 0 Å². The first kappa shape index (κ1) is 12.6. The van der Waals surface area contributed by atoms with E-state index in [9.17, 15) is 4.79 Å². The fourth-order valence-electron chi connectivity index (χ4n) is 1.76. The van der Waals surface area contributed by atoms with Crippen molar-refractivity contribution in [2.75, 3.05) is 11.9 Å². The van der Waals surface area contributed by atoms with E-state index < -0.39 is 0 Å². The molecule has 1 saturated carbocycles. The van der Waals surface area contributed by atoms with Crippen molar-refractivity contribution in [1.82, 2.24) is 9.97 Å². The SMILES string of the molecule is O=C(Nc1ccncc1)c1ccnc(OCC2CC2)c1. The highest BCUT2D eigenvalue weighted by Crippen LogP contribution is 2.29. The normalized spacial score (nSPS) is 13.8. The van der Waals surface area contributed by atoms with Gasteiger partial charge in [-0.15, -0.1) is 0 Å². The van der Waals surface area contributed by atoms with Gasteiger partial charge in [0.1, 0.15) is 0 Å². The van der Waals surface area contributed by atoms with Gasteiger partial charge in [0.25, 0.3) is 5.91 Å². The standard InChI is InChI=1S/C15H15N3O2/c19-15(18-13-4-6-16-7-5-13)12-3-8-17-14(9-12)20-10-11-1-2-11/h3-9,11H,1-2,10H2,(H,16,18,19). The molecule has 1 amide bonds. The summed E-state index contributed by atoms with van der Waals surface area (Å²) in [5.74, 6) is 0.972. The van der Waals surface area contributed by atoms with Crippen LogP contribution in [0.5, 0.6) is 5.88 Å². The van der Waals surface area contributed by atoms with Crippen molar-refractivity contribution < 1.29 is 9.53 Å². The minimum Gasteiger partial charge on any atom is -0.477 e. The highest BCUT2D eigenvalue weighted by atomic mass is 16.5. The molecular formula is C15H15N3O2. The lowest BCUT2D eigenvalue weighted by Crippen LogP contribution is -2.12. The number of carbonyl (C=O) groups excluding carboxylic acids is 1. The second kappa shape index (κ2) is 5.69. The fourth-order valence-corrected chi connectivity index (χ4v) is 1.76. The molecule has 0 aliphatic heterocycles. The molecule has 2 aromatic heterocycles. The number of nitrogens with zero attached hydrogens (tertiary/aromatic N) is 2. The molecule has 2 heterocycles. The number of hydrogen-bond acceptors (Lipinski definition) is 4. The summed E-state index contributed by atoms with van der Waals surface area (Å²) in [7, 11) is 0. The Labute approximate surface area is 117 Å². The zero-order valence-corrected chi connectivity index (χ0v) is 11.0. The van der Waals surface area contributed by atoms with Gasteiger partial charge in [-0.3, -0.25) is 9.78 Å². The second-order valence-electron chi connectivity index (χ2n) is 4.83. The van der Waals surface area contributed by atoms with Gasteiger partial charge in [-0.05, 0) is 37.0 Å². The number of ether oxygens (including phenoxy) is 1. The van der Waals surface area contributed by atoms with Crippen molar-refractivity contribution in [1.29, 1.82) is 0 Å². The zero-order valence-electron chi connectivity index (χ0n) is 11.0. The Morgan fingerprint density at radius 1 is 1.25 bits per heavy atom. The number of hydrogen-bond donors (Lipinski definition) is 1. The molecule has 102 valence electrons. The predicted octanol–water partition coefficient (Wildman–Crippen LogP) is 2.52. The minimum atomic E-state index is -0.185. The molecule has 1 aliphatic rings. The first-order valence-corrected chi connectivity index (χ1v) is 6.61. The lowest BCUT2D eigenvalue weighted by molar-refractivity contribution is 0.102. The topological polar surface area (TPSA) is 64.1 Å². The number of aromatic nitrogens is 2. The van der Waals surface area contributed by atoms with Crippen molar-refractivity contribution in [3.63, 3.8) is 0 Å². The molecule has 20 heavy (non-hydrogen) atoms. The van der Waals surface area contributed by atoms with Gasteiger partial charge < -0.3 is 10.1 Å². The summed E-state index contributed by atoms with van der Waals surface area (Å²) in [6.07, 6.45) is 7.30. The Morgan fingerprint density at radius 3 is 2.80 bits per heavy atom. The number of anilines is 1.